The van der Waals surface area contributed by atoms with Crippen LogP contribution in [0.5, 0.6) is 0 Å². The van der Waals surface area contributed by atoms with E-state index in [-0.39, 0.29) is 17.7 Å². The van der Waals surface area contributed by atoms with Crippen molar-refractivity contribution in [1.29, 1.82) is 0 Å². The van der Waals surface area contributed by atoms with Crippen LogP contribution in [0.1, 0.15) is 30.5 Å². The molecule has 4 rings (SSSR count). The first-order valence-corrected chi connectivity index (χ1v) is 11.0. The second-order valence-electron chi connectivity index (χ2n) is 8.36. The number of fused-ring (bicyclic) bond motifs is 1. The fourth-order valence-corrected chi connectivity index (χ4v) is 3.75. The van der Waals surface area contributed by atoms with Gasteiger partial charge in [-0.1, -0.05) is 56.3 Å². The molecule has 0 spiro atoms. The molecule has 2 aromatic heterocycles. The zero-order valence-electron chi connectivity index (χ0n) is 18.8. The van der Waals surface area contributed by atoms with Crippen LogP contribution in [-0.2, 0) is 29.1 Å². The van der Waals surface area contributed by atoms with Gasteiger partial charge in [0.2, 0.25) is 11.8 Å². The van der Waals surface area contributed by atoms with Crippen LogP contribution in [0.3, 0.4) is 0 Å². The predicted molar refractivity (Wildman–Crippen MR) is 126 cm³/mol. The van der Waals surface area contributed by atoms with Crippen molar-refractivity contribution >= 4 is 22.7 Å². The van der Waals surface area contributed by atoms with E-state index in [1.807, 2.05) is 68.6 Å². The monoisotopic (exact) mass is 444 g/mol. The maximum Gasteiger partial charge on any atom is 0.243 e. The number of carbonyl (C=O) groups excluding carboxylic acids is 2. The van der Waals surface area contributed by atoms with Crippen LogP contribution in [0.2, 0.25) is 0 Å². The highest BCUT2D eigenvalue weighted by molar-refractivity contribution is 5.90. The largest absolute Gasteiger partial charge is 0.361 e. The lowest BCUT2D eigenvalue weighted by Crippen LogP contribution is -2.49. The van der Waals surface area contributed by atoms with Crippen LogP contribution in [-0.4, -0.2) is 37.6 Å². The smallest absolute Gasteiger partial charge is 0.243 e. The van der Waals surface area contributed by atoms with Crippen LogP contribution < -0.4 is 10.6 Å². The van der Waals surface area contributed by atoms with Gasteiger partial charge < -0.3 is 15.6 Å². The fourth-order valence-electron chi connectivity index (χ4n) is 3.75. The first-order valence-electron chi connectivity index (χ1n) is 11.0. The molecule has 4 aromatic rings. The summed E-state index contributed by atoms with van der Waals surface area (Å²) in [5.74, 6) is -0.585. The number of carbonyl (C=O) groups is 2. The number of amides is 2. The van der Waals surface area contributed by atoms with E-state index in [2.05, 4.69) is 25.7 Å². The van der Waals surface area contributed by atoms with Gasteiger partial charge in [0.25, 0.3) is 0 Å². The molecule has 33 heavy (non-hydrogen) atoms. The van der Waals surface area contributed by atoms with E-state index in [1.165, 1.54) is 6.33 Å². The first-order chi connectivity index (χ1) is 16.0. The molecule has 0 aliphatic heterocycles. The molecule has 8 heteroatoms. The Hall–Kier alpha value is -3.94. The number of nitrogens with one attached hydrogen (secondary N) is 3. The number of nitrogens with zero attached hydrogens (tertiary/aromatic N) is 3. The molecular weight excluding hydrogens is 416 g/mol. The average molecular weight is 445 g/mol. The molecule has 0 saturated carbocycles. The molecule has 1 atom stereocenters. The van der Waals surface area contributed by atoms with Crippen molar-refractivity contribution in [3.63, 3.8) is 0 Å². The van der Waals surface area contributed by atoms with Crippen molar-refractivity contribution in [1.82, 2.24) is 30.4 Å². The van der Waals surface area contributed by atoms with Crippen molar-refractivity contribution in [3.05, 3.63) is 84.1 Å². The van der Waals surface area contributed by atoms with Gasteiger partial charge in [-0.2, -0.15) is 5.10 Å². The van der Waals surface area contributed by atoms with E-state index in [4.69, 9.17) is 0 Å². The zero-order valence-corrected chi connectivity index (χ0v) is 18.8. The Morgan fingerprint density at radius 2 is 1.76 bits per heavy atom. The Morgan fingerprint density at radius 1 is 1.00 bits per heavy atom. The van der Waals surface area contributed by atoms with Gasteiger partial charge >= 0.3 is 0 Å². The number of aromatic amines is 1. The van der Waals surface area contributed by atoms with E-state index >= 15 is 0 Å². The predicted octanol–water partition coefficient (Wildman–Crippen LogP) is 2.81. The molecule has 0 radical (unpaired) electrons. The molecule has 8 nitrogen and oxygen atoms in total. The van der Waals surface area contributed by atoms with Gasteiger partial charge in [-0.3, -0.25) is 9.59 Å². The van der Waals surface area contributed by atoms with Gasteiger partial charge in [0.1, 0.15) is 18.7 Å². The number of H-pyrrole nitrogens is 1. The molecule has 0 fully saturated rings. The van der Waals surface area contributed by atoms with Gasteiger partial charge in [0, 0.05) is 36.0 Å². The van der Waals surface area contributed by atoms with Crippen LogP contribution >= 0.6 is 0 Å². The standard InChI is InChI=1S/C25H28N6O2/c1-17(2)24(32)30-23(11-20-13-27-22-10-6-5-9-21(20)22)25(33)28-12-18-7-3-4-8-19(18)14-31-16-26-15-29-31/h3-10,13,15-17,23,27H,11-12,14H2,1-2H3,(H,28,33)(H,30,32). The van der Waals surface area contributed by atoms with Gasteiger partial charge in [0.15, 0.2) is 0 Å². The van der Waals surface area contributed by atoms with Gasteiger partial charge in [-0.25, -0.2) is 9.67 Å². The Morgan fingerprint density at radius 3 is 2.52 bits per heavy atom. The van der Waals surface area contributed by atoms with E-state index < -0.39 is 6.04 Å². The maximum atomic E-state index is 13.2. The number of hydrogen-bond donors (Lipinski definition) is 3. The van der Waals surface area contributed by atoms with Gasteiger partial charge in [0.05, 0.1) is 6.54 Å². The summed E-state index contributed by atoms with van der Waals surface area (Å²) in [6, 6.07) is 15.1. The van der Waals surface area contributed by atoms with Crippen molar-refractivity contribution < 1.29 is 9.59 Å². The second-order valence-corrected chi connectivity index (χ2v) is 8.36. The molecule has 0 saturated heterocycles. The van der Waals surface area contributed by atoms with Crippen molar-refractivity contribution in [2.24, 2.45) is 5.92 Å². The molecule has 0 aliphatic carbocycles. The summed E-state index contributed by atoms with van der Waals surface area (Å²) in [5, 5.41) is 11.1. The van der Waals surface area contributed by atoms with Gasteiger partial charge in [-0.05, 0) is 22.8 Å². The molecule has 1 unspecified atom stereocenters. The third-order valence-corrected chi connectivity index (χ3v) is 5.63. The third kappa shape index (κ3) is 5.46. The summed E-state index contributed by atoms with van der Waals surface area (Å²) >= 11 is 0. The summed E-state index contributed by atoms with van der Waals surface area (Å²) in [4.78, 5) is 32.9. The minimum atomic E-state index is -0.679. The number of rotatable bonds is 9. The minimum absolute atomic E-state index is 0.151. The first kappa shape index (κ1) is 22.3. The number of benzene rings is 2. The Balaban J connectivity index is 1.49. The van der Waals surface area contributed by atoms with Gasteiger partial charge in [-0.15, -0.1) is 0 Å². The highest BCUT2D eigenvalue weighted by Crippen LogP contribution is 2.19. The van der Waals surface area contributed by atoms with E-state index in [0.717, 1.165) is 27.6 Å². The highest BCUT2D eigenvalue weighted by Gasteiger charge is 2.23. The van der Waals surface area contributed by atoms with Crippen molar-refractivity contribution in [2.45, 2.75) is 39.4 Å². The lowest BCUT2D eigenvalue weighted by molar-refractivity contribution is -0.130. The van der Waals surface area contributed by atoms with Crippen LogP contribution in [0.4, 0.5) is 0 Å². The SMILES string of the molecule is CC(C)C(=O)NC(Cc1c[nH]c2ccccc12)C(=O)NCc1ccccc1Cn1cncn1. The molecular formula is C25H28N6O2. The molecule has 0 bridgehead atoms. The highest BCUT2D eigenvalue weighted by atomic mass is 16.2. The zero-order chi connectivity index (χ0) is 23.2. The number of aromatic nitrogens is 4. The summed E-state index contributed by atoms with van der Waals surface area (Å²) in [6.07, 6.45) is 5.46. The Labute approximate surface area is 192 Å². The molecule has 2 aromatic carbocycles. The van der Waals surface area contributed by atoms with E-state index in [1.54, 1.807) is 11.0 Å². The summed E-state index contributed by atoms with van der Waals surface area (Å²) in [6.45, 7) is 4.55. The second kappa shape index (κ2) is 10.1. The summed E-state index contributed by atoms with van der Waals surface area (Å²) in [7, 11) is 0. The summed E-state index contributed by atoms with van der Waals surface area (Å²) in [5.41, 5.74) is 4.02. The molecule has 0 aliphatic rings. The van der Waals surface area contributed by atoms with Crippen molar-refractivity contribution in [2.75, 3.05) is 0 Å². The van der Waals surface area contributed by atoms with Crippen molar-refractivity contribution in [3.8, 4) is 0 Å². The lowest BCUT2D eigenvalue weighted by atomic mass is 10.0. The molecule has 2 heterocycles. The quantitative estimate of drug-likeness (QED) is 0.369. The minimum Gasteiger partial charge on any atom is -0.361 e. The summed E-state index contributed by atoms with van der Waals surface area (Å²) < 4.78 is 1.74. The van der Waals surface area contributed by atoms with E-state index in [0.29, 0.717) is 19.5 Å². The Bertz CT molecular complexity index is 1230. The van der Waals surface area contributed by atoms with E-state index in [9.17, 15) is 9.59 Å². The maximum absolute atomic E-state index is 13.2. The Kier molecular flexibility index (Phi) is 6.83. The van der Waals surface area contributed by atoms with Crippen LogP contribution in [0.25, 0.3) is 10.9 Å². The third-order valence-electron chi connectivity index (χ3n) is 5.63. The van der Waals surface area contributed by atoms with Crippen LogP contribution in [0, 0.1) is 5.92 Å². The molecule has 2 amide bonds. The normalized spacial score (nSPS) is 12.1. The topological polar surface area (TPSA) is 105 Å². The molecule has 3 N–H and O–H groups in total. The fraction of sp³-hybridized carbons (Fsp3) is 0.280. The lowest BCUT2D eigenvalue weighted by Gasteiger charge is -2.20. The number of para-hydroxylation sites is 1. The average Bonchev–Trinajstić information content (AvgIpc) is 3.48. The van der Waals surface area contributed by atoms with Crippen LogP contribution in [0.15, 0.2) is 67.4 Å². The molecule has 170 valence electrons. The number of hydrogen-bond acceptors (Lipinski definition) is 4.